The van der Waals surface area contributed by atoms with Crippen LogP contribution in [0, 0.1) is 5.41 Å². The fourth-order valence-corrected chi connectivity index (χ4v) is 1.61. The Kier molecular flexibility index (Phi) is 4.34. The van der Waals surface area contributed by atoms with E-state index >= 15 is 0 Å². The summed E-state index contributed by atoms with van der Waals surface area (Å²) in [4.78, 5) is 0. The van der Waals surface area contributed by atoms with Gasteiger partial charge in [0, 0.05) is 12.6 Å². The molecule has 1 aromatic carbocycles. The highest BCUT2D eigenvalue weighted by Gasteiger charge is 2.14. The molecule has 0 saturated heterocycles. The van der Waals surface area contributed by atoms with Crippen LogP contribution in [0.4, 0.5) is 0 Å². The van der Waals surface area contributed by atoms with Gasteiger partial charge in [-0.1, -0.05) is 58.0 Å². The lowest BCUT2D eigenvalue weighted by atomic mass is 9.95. The monoisotopic (exact) mass is 205 g/mol. The first-order valence-electron chi connectivity index (χ1n) is 5.81. The first-order chi connectivity index (χ1) is 7.03. The predicted octanol–water partition coefficient (Wildman–Crippen LogP) is 3.77. The van der Waals surface area contributed by atoms with E-state index in [1.54, 1.807) is 0 Å². The molecule has 0 aliphatic carbocycles. The molecule has 0 bridgehead atoms. The Balaban J connectivity index is 2.58. The van der Waals surface area contributed by atoms with Gasteiger partial charge in [-0.05, 0) is 17.4 Å². The molecule has 0 aliphatic rings. The first kappa shape index (κ1) is 12.3. The molecule has 1 atom stereocenters. The summed E-state index contributed by atoms with van der Waals surface area (Å²) in [5.41, 5.74) is 1.74. The Morgan fingerprint density at radius 1 is 1.13 bits per heavy atom. The molecule has 1 N–H and O–H groups in total. The zero-order valence-corrected chi connectivity index (χ0v) is 10.4. The maximum Gasteiger partial charge on any atom is 0.0317 e. The van der Waals surface area contributed by atoms with E-state index in [2.05, 4.69) is 63.3 Å². The normalized spacial score (nSPS) is 13.9. The van der Waals surface area contributed by atoms with Crippen LogP contribution in [-0.2, 0) is 0 Å². The maximum absolute atomic E-state index is 3.63. The van der Waals surface area contributed by atoms with E-state index in [0.717, 1.165) is 13.0 Å². The van der Waals surface area contributed by atoms with Gasteiger partial charge in [0.15, 0.2) is 0 Å². The van der Waals surface area contributed by atoms with Crippen LogP contribution in [0.2, 0.25) is 0 Å². The minimum absolute atomic E-state index is 0.349. The van der Waals surface area contributed by atoms with Crippen molar-refractivity contribution in [1.29, 1.82) is 0 Å². The van der Waals surface area contributed by atoms with Gasteiger partial charge in [0.2, 0.25) is 0 Å². The molecule has 0 fully saturated rings. The highest BCUT2D eigenvalue weighted by atomic mass is 14.9. The molecular formula is C14H23N. The minimum Gasteiger partial charge on any atom is -0.309 e. The number of hydrogen-bond donors (Lipinski definition) is 1. The summed E-state index contributed by atoms with van der Waals surface area (Å²) >= 11 is 0. The van der Waals surface area contributed by atoms with E-state index in [-0.39, 0.29) is 0 Å². The Bertz CT molecular complexity index is 271. The fraction of sp³-hybridized carbons (Fsp3) is 0.571. The van der Waals surface area contributed by atoms with E-state index < -0.39 is 0 Å². The Labute approximate surface area is 93.9 Å². The lowest BCUT2D eigenvalue weighted by Crippen LogP contribution is -2.30. The van der Waals surface area contributed by atoms with Crippen molar-refractivity contribution in [2.75, 3.05) is 6.54 Å². The van der Waals surface area contributed by atoms with Crippen molar-refractivity contribution in [3.8, 4) is 0 Å². The summed E-state index contributed by atoms with van der Waals surface area (Å²) in [6, 6.07) is 11.2. The maximum atomic E-state index is 3.63. The van der Waals surface area contributed by atoms with Crippen molar-refractivity contribution in [3.63, 3.8) is 0 Å². The standard InChI is InChI=1S/C14H23N/c1-5-13(15-11-14(2,3)4)12-9-7-6-8-10-12/h6-10,13,15H,5,11H2,1-4H3/t13-/m0/s1. The highest BCUT2D eigenvalue weighted by molar-refractivity contribution is 5.18. The average molecular weight is 205 g/mol. The third-order valence-electron chi connectivity index (χ3n) is 2.49. The minimum atomic E-state index is 0.349. The summed E-state index contributed by atoms with van der Waals surface area (Å²) in [6.07, 6.45) is 1.14. The zero-order chi connectivity index (χ0) is 11.3. The van der Waals surface area contributed by atoms with Gasteiger partial charge in [0.05, 0.1) is 0 Å². The molecular weight excluding hydrogens is 182 g/mol. The molecule has 15 heavy (non-hydrogen) atoms. The average Bonchev–Trinajstić information content (AvgIpc) is 2.19. The van der Waals surface area contributed by atoms with Gasteiger partial charge in [-0.2, -0.15) is 0 Å². The van der Waals surface area contributed by atoms with Crippen LogP contribution in [-0.4, -0.2) is 6.54 Å². The van der Waals surface area contributed by atoms with E-state index in [0.29, 0.717) is 11.5 Å². The van der Waals surface area contributed by atoms with Crippen molar-refractivity contribution in [3.05, 3.63) is 35.9 Å². The highest BCUT2D eigenvalue weighted by Crippen LogP contribution is 2.18. The van der Waals surface area contributed by atoms with E-state index in [9.17, 15) is 0 Å². The second kappa shape index (κ2) is 5.32. The molecule has 0 unspecified atom stereocenters. The topological polar surface area (TPSA) is 12.0 Å². The third kappa shape index (κ3) is 4.48. The number of nitrogens with one attached hydrogen (secondary N) is 1. The van der Waals surface area contributed by atoms with E-state index in [4.69, 9.17) is 0 Å². The van der Waals surface area contributed by atoms with Crippen LogP contribution in [0.5, 0.6) is 0 Å². The second-order valence-electron chi connectivity index (χ2n) is 5.31. The molecule has 0 spiro atoms. The number of benzene rings is 1. The smallest absolute Gasteiger partial charge is 0.0317 e. The van der Waals surface area contributed by atoms with Crippen molar-refractivity contribution in [1.82, 2.24) is 5.32 Å². The molecule has 1 heteroatoms. The summed E-state index contributed by atoms with van der Waals surface area (Å²) in [7, 11) is 0. The van der Waals surface area contributed by atoms with Gasteiger partial charge in [-0.25, -0.2) is 0 Å². The van der Waals surface area contributed by atoms with Gasteiger partial charge in [0.25, 0.3) is 0 Å². The largest absolute Gasteiger partial charge is 0.309 e. The SMILES string of the molecule is CC[C@H](NCC(C)(C)C)c1ccccc1. The predicted molar refractivity (Wildman–Crippen MR) is 66.9 cm³/mol. The van der Waals surface area contributed by atoms with Crippen LogP contribution in [0.3, 0.4) is 0 Å². The van der Waals surface area contributed by atoms with Crippen LogP contribution in [0.15, 0.2) is 30.3 Å². The first-order valence-corrected chi connectivity index (χ1v) is 5.81. The Morgan fingerprint density at radius 3 is 2.20 bits per heavy atom. The lowest BCUT2D eigenvalue weighted by molar-refractivity contribution is 0.349. The van der Waals surface area contributed by atoms with Crippen molar-refractivity contribution in [2.24, 2.45) is 5.41 Å². The molecule has 1 rings (SSSR count). The molecule has 0 saturated carbocycles. The van der Waals surface area contributed by atoms with Crippen molar-refractivity contribution in [2.45, 2.75) is 40.2 Å². The molecule has 0 heterocycles. The van der Waals surface area contributed by atoms with E-state index in [1.165, 1.54) is 5.56 Å². The van der Waals surface area contributed by atoms with Gasteiger partial charge >= 0.3 is 0 Å². The summed E-state index contributed by atoms with van der Waals surface area (Å²) in [5, 5.41) is 3.63. The molecule has 0 aromatic heterocycles. The molecule has 0 amide bonds. The fourth-order valence-electron chi connectivity index (χ4n) is 1.61. The summed E-state index contributed by atoms with van der Waals surface area (Å²) in [6.45, 7) is 10.1. The quantitative estimate of drug-likeness (QED) is 0.789. The van der Waals surface area contributed by atoms with Crippen LogP contribution in [0.1, 0.15) is 45.7 Å². The summed E-state index contributed by atoms with van der Waals surface area (Å²) < 4.78 is 0. The summed E-state index contributed by atoms with van der Waals surface area (Å²) in [5.74, 6) is 0. The van der Waals surface area contributed by atoms with Crippen molar-refractivity contribution < 1.29 is 0 Å². The third-order valence-corrected chi connectivity index (χ3v) is 2.49. The Morgan fingerprint density at radius 2 is 1.73 bits per heavy atom. The number of hydrogen-bond acceptors (Lipinski definition) is 1. The van der Waals surface area contributed by atoms with Crippen LogP contribution >= 0.6 is 0 Å². The molecule has 0 radical (unpaired) electrons. The van der Waals surface area contributed by atoms with Gasteiger partial charge < -0.3 is 5.32 Å². The van der Waals surface area contributed by atoms with Crippen LogP contribution < -0.4 is 5.32 Å². The second-order valence-corrected chi connectivity index (χ2v) is 5.31. The van der Waals surface area contributed by atoms with Crippen LogP contribution in [0.25, 0.3) is 0 Å². The van der Waals surface area contributed by atoms with Crippen molar-refractivity contribution >= 4 is 0 Å². The molecule has 84 valence electrons. The zero-order valence-electron chi connectivity index (χ0n) is 10.4. The van der Waals surface area contributed by atoms with Gasteiger partial charge in [-0.3, -0.25) is 0 Å². The number of rotatable bonds is 4. The molecule has 1 nitrogen and oxygen atoms in total. The molecule has 1 aromatic rings. The van der Waals surface area contributed by atoms with Gasteiger partial charge in [-0.15, -0.1) is 0 Å². The van der Waals surface area contributed by atoms with E-state index in [1.807, 2.05) is 0 Å². The van der Waals surface area contributed by atoms with Gasteiger partial charge in [0.1, 0.15) is 0 Å². The molecule has 0 aliphatic heterocycles. The Hall–Kier alpha value is -0.820. The lowest BCUT2D eigenvalue weighted by Gasteiger charge is -2.24.